The largest absolute Gasteiger partial charge is 0.496 e. The van der Waals surface area contributed by atoms with Crippen molar-refractivity contribution in [2.75, 3.05) is 26.5 Å². The van der Waals surface area contributed by atoms with Crippen molar-refractivity contribution >= 4 is 15.9 Å². The van der Waals surface area contributed by atoms with Crippen molar-refractivity contribution in [3.63, 3.8) is 0 Å². The number of benzene rings is 1. The molecule has 1 heterocycles. The third-order valence-corrected chi connectivity index (χ3v) is 7.84. The fraction of sp³-hybridized carbons (Fsp3) is 0.708. The molecule has 2 unspecified atom stereocenters. The minimum Gasteiger partial charge on any atom is -0.496 e. The van der Waals surface area contributed by atoms with Gasteiger partial charge in [0, 0.05) is 18.5 Å². The topological polar surface area (TPSA) is 84.9 Å². The molecule has 0 bridgehead atoms. The Labute approximate surface area is 191 Å². The summed E-state index contributed by atoms with van der Waals surface area (Å²) in [6, 6.07) is 7.70. The lowest BCUT2D eigenvalue weighted by Crippen LogP contribution is -2.59. The Morgan fingerprint density at radius 1 is 1.09 bits per heavy atom. The van der Waals surface area contributed by atoms with Crippen LogP contribution in [0.2, 0.25) is 0 Å². The van der Waals surface area contributed by atoms with Crippen LogP contribution in [0.5, 0.6) is 5.75 Å². The second-order valence-corrected chi connectivity index (χ2v) is 11.3. The van der Waals surface area contributed by atoms with Gasteiger partial charge in [0.05, 0.1) is 32.1 Å². The van der Waals surface area contributed by atoms with E-state index < -0.39 is 10.0 Å². The number of carbonyl (C=O) groups is 1. The zero-order valence-electron chi connectivity index (χ0n) is 19.2. The fourth-order valence-electron chi connectivity index (χ4n) is 5.29. The molecule has 1 N–H and O–H groups in total. The number of likely N-dealkylation sites (tertiary alicyclic amines) is 1. The van der Waals surface area contributed by atoms with Gasteiger partial charge in [0.2, 0.25) is 15.9 Å². The molecule has 2 atom stereocenters. The molecule has 7 nitrogen and oxygen atoms in total. The summed E-state index contributed by atoms with van der Waals surface area (Å²) >= 11 is 0. The zero-order chi connectivity index (χ0) is 22.7. The van der Waals surface area contributed by atoms with Gasteiger partial charge in [-0.25, -0.2) is 13.1 Å². The molecular weight excluding hydrogens is 428 g/mol. The Hall–Kier alpha value is -1.64. The molecule has 2 aliphatic carbocycles. The lowest BCUT2D eigenvalue weighted by Gasteiger charge is -2.42. The third kappa shape index (κ3) is 5.83. The summed E-state index contributed by atoms with van der Waals surface area (Å²) in [7, 11) is -1.64. The number of para-hydroxylation sites is 1. The highest BCUT2D eigenvalue weighted by Gasteiger charge is 2.41. The van der Waals surface area contributed by atoms with E-state index in [9.17, 15) is 13.2 Å². The van der Waals surface area contributed by atoms with Crippen molar-refractivity contribution in [3.8, 4) is 5.75 Å². The number of hydrogen-bond acceptors (Lipinski definition) is 5. The molecule has 1 aromatic rings. The van der Waals surface area contributed by atoms with Crippen LogP contribution in [-0.2, 0) is 19.6 Å². The highest BCUT2D eigenvalue weighted by molar-refractivity contribution is 7.88. The SMILES string of the molecule is COc1ccccc1C1CCC(OCC2C(NS(C)(=O)=O)CCCN2C(=O)C2CC2)CC1. The summed E-state index contributed by atoms with van der Waals surface area (Å²) in [4.78, 5) is 14.8. The predicted octanol–water partition coefficient (Wildman–Crippen LogP) is 3.06. The standard InChI is InChI=1S/C24H36N2O5S/c1-30-23-8-4-3-6-20(23)17-11-13-19(14-12-17)31-16-22-21(25-32(2,28)29)7-5-15-26(22)24(27)18-9-10-18/h3-4,6,8,17-19,21-22,25H,5,7,9-16H2,1-2H3. The molecule has 178 valence electrons. The number of methoxy groups -OCH3 is 1. The second-order valence-electron chi connectivity index (χ2n) is 9.56. The Balaban J connectivity index is 1.37. The Morgan fingerprint density at radius 3 is 2.47 bits per heavy atom. The van der Waals surface area contributed by atoms with Gasteiger partial charge in [0.15, 0.2) is 0 Å². The number of nitrogens with one attached hydrogen (secondary N) is 1. The molecule has 3 aliphatic rings. The van der Waals surface area contributed by atoms with E-state index in [2.05, 4.69) is 16.9 Å². The van der Waals surface area contributed by atoms with E-state index in [4.69, 9.17) is 9.47 Å². The van der Waals surface area contributed by atoms with Crippen LogP contribution in [-0.4, -0.2) is 63.9 Å². The Morgan fingerprint density at radius 2 is 1.81 bits per heavy atom. The van der Waals surface area contributed by atoms with Crippen LogP contribution in [0.25, 0.3) is 0 Å². The van der Waals surface area contributed by atoms with Crippen LogP contribution in [0, 0.1) is 5.92 Å². The van der Waals surface area contributed by atoms with Crippen LogP contribution >= 0.6 is 0 Å². The van der Waals surface area contributed by atoms with Crippen LogP contribution in [0.1, 0.15) is 62.8 Å². The zero-order valence-corrected chi connectivity index (χ0v) is 20.0. The van der Waals surface area contributed by atoms with Gasteiger partial charge in [-0.15, -0.1) is 0 Å². The number of carbonyl (C=O) groups excluding carboxylic acids is 1. The molecule has 0 radical (unpaired) electrons. The lowest BCUT2D eigenvalue weighted by molar-refractivity contribution is -0.139. The maximum absolute atomic E-state index is 12.9. The molecule has 1 saturated heterocycles. The lowest BCUT2D eigenvalue weighted by atomic mass is 9.82. The van der Waals surface area contributed by atoms with E-state index in [0.29, 0.717) is 19.1 Å². The monoisotopic (exact) mass is 464 g/mol. The normalized spacial score (nSPS) is 29.0. The molecule has 1 amide bonds. The van der Waals surface area contributed by atoms with Gasteiger partial charge in [-0.05, 0) is 68.9 Å². The van der Waals surface area contributed by atoms with Gasteiger partial charge < -0.3 is 14.4 Å². The predicted molar refractivity (Wildman–Crippen MR) is 123 cm³/mol. The molecule has 32 heavy (non-hydrogen) atoms. The summed E-state index contributed by atoms with van der Waals surface area (Å²) in [5.74, 6) is 1.69. The summed E-state index contributed by atoms with van der Waals surface area (Å²) in [5, 5.41) is 0. The van der Waals surface area contributed by atoms with E-state index in [-0.39, 0.29) is 30.0 Å². The van der Waals surface area contributed by atoms with E-state index in [0.717, 1.165) is 57.1 Å². The van der Waals surface area contributed by atoms with E-state index >= 15 is 0 Å². The van der Waals surface area contributed by atoms with Crippen molar-refractivity contribution in [2.45, 2.75) is 75.5 Å². The summed E-state index contributed by atoms with van der Waals surface area (Å²) in [5.41, 5.74) is 1.26. The van der Waals surface area contributed by atoms with Crippen molar-refractivity contribution in [1.29, 1.82) is 0 Å². The number of piperidine rings is 1. The van der Waals surface area contributed by atoms with Crippen LogP contribution in [0.15, 0.2) is 24.3 Å². The smallest absolute Gasteiger partial charge is 0.226 e. The molecule has 2 saturated carbocycles. The van der Waals surface area contributed by atoms with Crippen LogP contribution < -0.4 is 9.46 Å². The van der Waals surface area contributed by atoms with Crippen molar-refractivity contribution < 1.29 is 22.7 Å². The number of amides is 1. The number of rotatable bonds is 8. The molecule has 4 rings (SSSR count). The van der Waals surface area contributed by atoms with Gasteiger partial charge in [-0.3, -0.25) is 4.79 Å². The summed E-state index contributed by atoms with van der Waals surface area (Å²) in [6.45, 7) is 1.07. The van der Waals surface area contributed by atoms with Gasteiger partial charge in [-0.2, -0.15) is 0 Å². The molecule has 0 aromatic heterocycles. The first-order valence-electron chi connectivity index (χ1n) is 11.9. The Kier molecular flexibility index (Phi) is 7.42. The van der Waals surface area contributed by atoms with Gasteiger partial charge >= 0.3 is 0 Å². The van der Waals surface area contributed by atoms with Gasteiger partial charge in [-0.1, -0.05) is 18.2 Å². The maximum Gasteiger partial charge on any atom is 0.226 e. The van der Waals surface area contributed by atoms with Gasteiger partial charge in [0.1, 0.15) is 5.75 Å². The van der Waals surface area contributed by atoms with Crippen molar-refractivity contribution in [1.82, 2.24) is 9.62 Å². The van der Waals surface area contributed by atoms with E-state index in [1.807, 2.05) is 17.0 Å². The first kappa shape index (κ1) is 23.5. The van der Waals surface area contributed by atoms with Crippen LogP contribution in [0.3, 0.4) is 0 Å². The second kappa shape index (κ2) is 10.1. The first-order valence-corrected chi connectivity index (χ1v) is 13.8. The number of sulfonamides is 1. The molecule has 0 spiro atoms. The Bertz CT molecular complexity index is 893. The van der Waals surface area contributed by atoms with Crippen LogP contribution in [0.4, 0.5) is 0 Å². The maximum atomic E-state index is 12.9. The average molecular weight is 465 g/mol. The molecule has 3 fully saturated rings. The minimum atomic E-state index is -3.35. The average Bonchev–Trinajstić information content (AvgIpc) is 3.62. The van der Waals surface area contributed by atoms with E-state index in [1.165, 1.54) is 11.8 Å². The number of hydrogen-bond donors (Lipinski definition) is 1. The van der Waals surface area contributed by atoms with Crippen molar-refractivity contribution in [3.05, 3.63) is 29.8 Å². The fourth-order valence-corrected chi connectivity index (χ4v) is 6.12. The quantitative estimate of drug-likeness (QED) is 0.639. The highest BCUT2D eigenvalue weighted by atomic mass is 32.2. The first-order chi connectivity index (χ1) is 15.4. The third-order valence-electron chi connectivity index (χ3n) is 7.11. The summed E-state index contributed by atoms with van der Waals surface area (Å²) < 4.78 is 38.5. The molecule has 8 heteroatoms. The van der Waals surface area contributed by atoms with Crippen molar-refractivity contribution in [2.24, 2.45) is 5.92 Å². The number of ether oxygens (including phenoxy) is 2. The van der Waals surface area contributed by atoms with E-state index in [1.54, 1.807) is 7.11 Å². The summed E-state index contributed by atoms with van der Waals surface area (Å²) in [6.07, 6.45) is 8.73. The molecular formula is C24H36N2O5S. The molecule has 1 aliphatic heterocycles. The number of nitrogens with zero attached hydrogens (tertiary/aromatic N) is 1. The minimum absolute atomic E-state index is 0.116. The van der Waals surface area contributed by atoms with Gasteiger partial charge in [0.25, 0.3) is 0 Å². The molecule has 1 aromatic carbocycles. The highest BCUT2D eigenvalue weighted by Crippen LogP contribution is 2.38.